The van der Waals surface area contributed by atoms with E-state index in [0.29, 0.717) is 23.0 Å². The maximum absolute atomic E-state index is 12.8. The fourth-order valence-corrected chi connectivity index (χ4v) is 2.26. The molecular formula is C14H21F3N4. The van der Waals surface area contributed by atoms with Crippen LogP contribution in [-0.4, -0.2) is 35.8 Å². The smallest absolute Gasteiger partial charge is 0.373 e. The number of hydrogen-bond acceptors (Lipinski definition) is 4. The SMILES string of the molecule is CNc1nc(C2CC2)nc(N(CC(F)(F)F)C(C)C)c1C. The molecule has 0 bridgehead atoms. The molecule has 0 atom stereocenters. The molecule has 0 unspecified atom stereocenters. The molecule has 4 nitrogen and oxygen atoms in total. The molecule has 1 aromatic heterocycles. The van der Waals surface area contributed by atoms with Gasteiger partial charge in [0.05, 0.1) is 0 Å². The van der Waals surface area contributed by atoms with Crippen molar-refractivity contribution in [2.24, 2.45) is 0 Å². The van der Waals surface area contributed by atoms with Gasteiger partial charge in [-0.25, -0.2) is 9.97 Å². The van der Waals surface area contributed by atoms with Gasteiger partial charge in [0.1, 0.15) is 24.0 Å². The molecule has 1 N–H and O–H groups in total. The summed E-state index contributed by atoms with van der Waals surface area (Å²) in [6, 6.07) is -0.294. The van der Waals surface area contributed by atoms with Crippen molar-refractivity contribution in [1.82, 2.24) is 9.97 Å². The van der Waals surface area contributed by atoms with Crippen molar-refractivity contribution < 1.29 is 13.2 Å². The highest BCUT2D eigenvalue weighted by Crippen LogP contribution is 2.40. The van der Waals surface area contributed by atoms with Gasteiger partial charge in [0, 0.05) is 24.6 Å². The molecule has 0 spiro atoms. The monoisotopic (exact) mass is 302 g/mol. The molecule has 1 aliphatic carbocycles. The Labute approximate surface area is 122 Å². The van der Waals surface area contributed by atoms with Gasteiger partial charge in [-0.3, -0.25) is 0 Å². The van der Waals surface area contributed by atoms with E-state index in [1.165, 1.54) is 4.90 Å². The predicted octanol–water partition coefficient (Wildman–Crippen LogP) is 3.48. The number of anilines is 2. The maximum atomic E-state index is 12.8. The van der Waals surface area contributed by atoms with Crippen LogP contribution in [-0.2, 0) is 0 Å². The molecule has 0 radical (unpaired) electrons. The molecule has 0 aliphatic heterocycles. The van der Waals surface area contributed by atoms with E-state index in [-0.39, 0.29) is 12.0 Å². The summed E-state index contributed by atoms with van der Waals surface area (Å²) in [4.78, 5) is 10.1. The van der Waals surface area contributed by atoms with E-state index in [1.807, 2.05) is 0 Å². The van der Waals surface area contributed by atoms with Gasteiger partial charge >= 0.3 is 6.18 Å². The lowest BCUT2D eigenvalue weighted by atomic mass is 10.2. The lowest BCUT2D eigenvalue weighted by Gasteiger charge is -2.30. The van der Waals surface area contributed by atoms with Crippen LogP contribution in [0.3, 0.4) is 0 Å². The van der Waals surface area contributed by atoms with Gasteiger partial charge in [-0.05, 0) is 33.6 Å². The average Bonchev–Trinajstić information content (AvgIpc) is 3.19. The fraction of sp³-hybridized carbons (Fsp3) is 0.714. The van der Waals surface area contributed by atoms with Crippen LogP contribution in [0.15, 0.2) is 0 Å². The summed E-state index contributed by atoms with van der Waals surface area (Å²) >= 11 is 0. The second kappa shape index (κ2) is 5.69. The first-order valence-electron chi connectivity index (χ1n) is 7.12. The van der Waals surface area contributed by atoms with E-state index < -0.39 is 12.7 Å². The number of rotatable bonds is 5. The Bertz CT molecular complexity index is 510. The van der Waals surface area contributed by atoms with Crippen molar-refractivity contribution in [3.8, 4) is 0 Å². The van der Waals surface area contributed by atoms with E-state index in [9.17, 15) is 13.2 Å². The third kappa shape index (κ3) is 3.77. The summed E-state index contributed by atoms with van der Waals surface area (Å²) in [5.74, 6) is 1.92. The van der Waals surface area contributed by atoms with Crippen LogP contribution in [0.1, 0.15) is 44.0 Å². The van der Waals surface area contributed by atoms with Crippen molar-refractivity contribution in [3.63, 3.8) is 0 Å². The minimum Gasteiger partial charge on any atom is -0.373 e. The van der Waals surface area contributed by atoms with Gasteiger partial charge in [-0.2, -0.15) is 13.2 Å². The molecule has 118 valence electrons. The summed E-state index contributed by atoms with van der Waals surface area (Å²) in [5.41, 5.74) is 0.653. The van der Waals surface area contributed by atoms with Gasteiger partial charge < -0.3 is 10.2 Å². The molecule has 1 saturated carbocycles. The molecule has 2 rings (SSSR count). The standard InChI is InChI=1S/C14H21F3N4/c1-8(2)21(7-14(15,16)17)13-9(3)11(18-4)19-12(20-13)10-5-6-10/h8,10H,5-7H2,1-4H3,(H,18,19,20). The van der Waals surface area contributed by atoms with Crippen molar-refractivity contribution >= 4 is 11.6 Å². The summed E-state index contributed by atoms with van der Waals surface area (Å²) in [5, 5.41) is 2.96. The highest BCUT2D eigenvalue weighted by Gasteiger charge is 2.35. The Balaban J connectivity index is 2.45. The third-order valence-corrected chi connectivity index (χ3v) is 3.56. The van der Waals surface area contributed by atoms with Gasteiger partial charge in [0.25, 0.3) is 0 Å². The number of halogens is 3. The van der Waals surface area contributed by atoms with Crippen molar-refractivity contribution in [3.05, 3.63) is 11.4 Å². The van der Waals surface area contributed by atoms with Crippen molar-refractivity contribution in [1.29, 1.82) is 0 Å². The number of nitrogens with one attached hydrogen (secondary N) is 1. The van der Waals surface area contributed by atoms with Crippen LogP contribution in [0.2, 0.25) is 0 Å². The average molecular weight is 302 g/mol. The molecule has 1 fully saturated rings. The number of aromatic nitrogens is 2. The largest absolute Gasteiger partial charge is 0.405 e. The lowest BCUT2D eigenvalue weighted by Crippen LogP contribution is -2.40. The van der Waals surface area contributed by atoms with Crippen LogP contribution in [0.4, 0.5) is 24.8 Å². The second-order valence-corrected chi connectivity index (χ2v) is 5.74. The minimum absolute atomic E-state index is 0.288. The first-order valence-corrected chi connectivity index (χ1v) is 7.12. The number of nitrogens with zero attached hydrogens (tertiary/aromatic N) is 3. The molecule has 7 heteroatoms. The lowest BCUT2D eigenvalue weighted by molar-refractivity contribution is -0.120. The zero-order valence-corrected chi connectivity index (χ0v) is 12.8. The van der Waals surface area contributed by atoms with Crippen LogP contribution in [0.5, 0.6) is 0 Å². The Morgan fingerprint density at radius 1 is 1.29 bits per heavy atom. The summed E-state index contributed by atoms with van der Waals surface area (Å²) in [7, 11) is 1.72. The fourth-order valence-electron chi connectivity index (χ4n) is 2.26. The molecule has 1 aromatic rings. The van der Waals surface area contributed by atoms with Gasteiger partial charge in [0.15, 0.2) is 0 Å². The number of hydrogen-bond donors (Lipinski definition) is 1. The summed E-state index contributed by atoms with van der Waals surface area (Å²) in [6.07, 6.45) is -2.25. The normalized spacial score (nSPS) is 15.4. The van der Waals surface area contributed by atoms with E-state index in [0.717, 1.165) is 12.8 Å². The van der Waals surface area contributed by atoms with Crippen LogP contribution in [0.25, 0.3) is 0 Å². The van der Waals surface area contributed by atoms with Gasteiger partial charge in [-0.15, -0.1) is 0 Å². The summed E-state index contributed by atoms with van der Waals surface area (Å²) < 4.78 is 38.5. The van der Waals surface area contributed by atoms with Crippen LogP contribution in [0, 0.1) is 6.92 Å². The zero-order valence-electron chi connectivity index (χ0n) is 12.8. The molecule has 21 heavy (non-hydrogen) atoms. The molecular weight excluding hydrogens is 281 g/mol. The van der Waals surface area contributed by atoms with Crippen LogP contribution < -0.4 is 10.2 Å². The van der Waals surface area contributed by atoms with E-state index in [1.54, 1.807) is 27.8 Å². The van der Waals surface area contributed by atoms with E-state index in [4.69, 9.17) is 0 Å². The molecule has 1 aliphatic rings. The minimum atomic E-state index is -4.26. The highest BCUT2D eigenvalue weighted by atomic mass is 19.4. The topological polar surface area (TPSA) is 41.1 Å². The number of alkyl halides is 3. The molecule has 1 heterocycles. The molecule has 0 aromatic carbocycles. The van der Waals surface area contributed by atoms with Gasteiger partial charge in [0.2, 0.25) is 0 Å². The quantitative estimate of drug-likeness (QED) is 0.904. The zero-order chi connectivity index (χ0) is 15.8. The van der Waals surface area contributed by atoms with E-state index in [2.05, 4.69) is 15.3 Å². The third-order valence-electron chi connectivity index (χ3n) is 3.56. The Morgan fingerprint density at radius 2 is 1.90 bits per heavy atom. The van der Waals surface area contributed by atoms with Crippen LogP contribution >= 0.6 is 0 Å². The van der Waals surface area contributed by atoms with Crippen molar-refractivity contribution in [2.75, 3.05) is 23.8 Å². The predicted molar refractivity (Wildman–Crippen MR) is 76.8 cm³/mol. The first kappa shape index (κ1) is 15.9. The van der Waals surface area contributed by atoms with E-state index >= 15 is 0 Å². The van der Waals surface area contributed by atoms with Gasteiger partial charge in [-0.1, -0.05) is 0 Å². The maximum Gasteiger partial charge on any atom is 0.405 e. The summed E-state index contributed by atoms with van der Waals surface area (Å²) in [6.45, 7) is 4.23. The first-order chi connectivity index (χ1) is 9.73. The Kier molecular flexibility index (Phi) is 4.30. The van der Waals surface area contributed by atoms with Crippen molar-refractivity contribution in [2.45, 2.75) is 51.7 Å². The Morgan fingerprint density at radius 3 is 2.33 bits per heavy atom. The second-order valence-electron chi connectivity index (χ2n) is 5.74. The molecule has 0 saturated heterocycles. The Hall–Kier alpha value is -1.53. The highest BCUT2D eigenvalue weighted by molar-refractivity contribution is 5.59. The molecule has 0 amide bonds.